The third-order valence-electron chi connectivity index (χ3n) is 1.40. The van der Waals surface area contributed by atoms with Gasteiger partial charge in [0, 0.05) is 9.14 Å². The van der Waals surface area contributed by atoms with Crippen molar-refractivity contribution >= 4 is 34.5 Å². The lowest BCUT2D eigenvalue weighted by molar-refractivity contribution is -0.139. The highest BCUT2D eigenvalue weighted by molar-refractivity contribution is 14.1. The van der Waals surface area contributed by atoms with Crippen molar-refractivity contribution in [1.29, 1.82) is 0 Å². The summed E-state index contributed by atoms with van der Waals surface area (Å²) in [5.74, 6) is -2.44. The second-order valence-corrected chi connectivity index (χ2v) is 4.02. The summed E-state index contributed by atoms with van der Waals surface area (Å²) in [6, 6.07) is 10.2. The van der Waals surface area contributed by atoms with Gasteiger partial charge in [0.2, 0.25) is 0 Å². The minimum Gasteiger partial charge on any atom is -0.481 e. The summed E-state index contributed by atoms with van der Waals surface area (Å²) >= 11 is 2.28. The van der Waals surface area contributed by atoms with E-state index in [0.29, 0.717) is 0 Å². The molecule has 1 aromatic rings. The molecular formula is C11H11IO4. The highest BCUT2D eigenvalue weighted by Crippen LogP contribution is 1.99. The van der Waals surface area contributed by atoms with Gasteiger partial charge in [-0.2, -0.15) is 0 Å². The molecule has 0 unspecified atom stereocenters. The van der Waals surface area contributed by atoms with E-state index in [4.69, 9.17) is 10.2 Å². The minimum absolute atomic E-state index is 0.303. The molecule has 0 aliphatic heterocycles. The molecule has 16 heavy (non-hydrogen) atoms. The molecule has 0 fully saturated rings. The molecule has 1 rings (SSSR count). The van der Waals surface area contributed by atoms with Crippen molar-refractivity contribution in [2.45, 2.75) is 6.42 Å². The number of carboxylic acids is 2. The summed E-state index contributed by atoms with van der Waals surface area (Å²) in [7, 11) is 0. The highest BCUT2D eigenvalue weighted by atomic mass is 127. The van der Waals surface area contributed by atoms with Crippen molar-refractivity contribution in [1.82, 2.24) is 0 Å². The molecule has 0 aliphatic carbocycles. The zero-order chi connectivity index (χ0) is 12.6. The molecule has 0 saturated heterocycles. The van der Waals surface area contributed by atoms with Gasteiger partial charge in [0.25, 0.3) is 0 Å². The van der Waals surface area contributed by atoms with Crippen LogP contribution in [0.3, 0.4) is 0 Å². The number of carbonyl (C=O) groups is 2. The first kappa shape index (κ1) is 14.6. The lowest BCUT2D eigenvalue weighted by Crippen LogP contribution is -2.04. The summed E-state index contributed by atoms with van der Waals surface area (Å²) in [6.45, 7) is 3.01. The van der Waals surface area contributed by atoms with Crippen LogP contribution in [0.2, 0.25) is 0 Å². The number of hydrogen-bond donors (Lipinski definition) is 2. The number of rotatable bonds is 3. The van der Waals surface area contributed by atoms with Crippen LogP contribution in [0.25, 0.3) is 0 Å². The van der Waals surface area contributed by atoms with Gasteiger partial charge in [0.1, 0.15) is 0 Å². The largest absolute Gasteiger partial charge is 0.481 e. The highest BCUT2D eigenvalue weighted by Gasteiger charge is 2.07. The van der Waals surface area contributed by atoms with Crippen molar-refractivity contribution < 1.29 is 19.8 Å². The molecule has 1 aromatic carbocycles. The van der Waals surface area contributed by atoms with E-state index >= 15 is 0 Å². The SMILES string of the molecule is C=C(CC(=O)O)C(=O)O.Ic1ccccc1. The second-order valence-electron chi connectivity index (χ2n) is 2.77. The van der Waals surface area contributed by atoms with Crippen LogP contribution in [-0.2, 0) is 9.59 Å². The van der Waals surface area contributed by atoms with Crippen LogP contribution in [0.5, 0.6) is 0 Å². The van der Waals surface area contributed by atoms with E-state index < -0.39 is 18.4 Å². The molecular weight excluding hydrogens is 323 g/mol. The fourth-order valence-electron chi connectivity index (χ4n) is 0.673. The molecule has 0 aliphatic rings. The number of aliphatic carboxylic acids is 2. The smallest absolute Gasteiger partial charge is 0.331 e. The van der Waals surface area contributed by atoms with E-state index in [0.717, 1.165) is 0 Å². The van der Waals surface area contributed by atoms with Crippen LogP contribution in [-0.4, -0.2) is 22.2 Å². The van der Waals surface area contributed by atoms with E-state index in [-0.39, 0.29) is 5.57 Å². The molecule has 0 heterocycles. The Labute approximate surface area is 107 Å². The van der Waals surface area contributed by atoms with Crippen LogP contribution in [0.15, 0.2) is 42.5 Å². The van der Waals surface area contributed by atoms with Crippen molar-refractivity contribution in [3.8, 4) is 0 Å². The minimum atomic E-state index is -1.27. The van der Waals surface area contributed by atoms with Crippen molar-refractivity contribution in [3.05, 3.63) is 46.1 Å². The third-order valence-corrected chi connectivity index (χ3v) is 2.12. The Morgan fingerprint density at radius 1 is 1.19 bits per heavy atom. The maximum Gasteiger partial charge on any atom is 0.331 e. The Hall–Kier alpha value is -1.37. The molecule has 0 bridgehead atoms. The number of hydrogen-bond acceptors (Lipinski definition) is 2. The molecule has 4 nitrogen and oxygen atoms in total. The van der Waals surface area contributed by atoms with Crippen LogP contribution < -0.4 is 0 Å². The number of carboxylic acid groups (broad SMARTS) is 2. The fourth-order valence-corrected chi connectivity index (χ4v) is 1.09. The predicted molar refractivity (Wildman–Crippen MR) is 68.2 cm³/mol. The average molecular weight is 334 g/mol. The van der Waals surface area contributed by atoms with Gasteiger partial charge >= 0.3 is 11.9 Å². The monoisotopic (exact) mass is 334 g/mol. The zero-order valence-corrected chi connectivity index (χ0v) is 10.5. The van der Waals surface area contributed by atoms with Gasteiger partial charge in [-0.15, -0.1) is 0 Å². The van der Waals surface area contributed by atoms with Crippen molar-refractivity contribution in [2.24, 2.45) is 0 Å². The Balaban J connectivity index is 0.000000288. The summed E-state index contributed by atoms with van der Waals surface area (Å²) in [6.07, 6.45) is -0.505. The van der Waals surface area contributed by atoms with Crippen LogP contribution in [0, 0.1) is 3.57 Å². The van der Waals surface area contributed by atoms with Crippen LogP contribution in [0.1, 0.15) is 6.42 Å². The van der Waals surface area contributed by atoms with Crippen LogP contribution in [0.4, 0.5) is 0 Å². The number of benzene rings is 1. The van der Waals surface area contributed by atoms with Gasteiger partial charge < -0.3 is 10.2 Å². The van der Waals surface area contributed by atoms with Crippen molar-refractivity contribution in [3.63, 3.8) is 0 Å². The molecule has 0 saturated carbocycles. The first-order chi connectivity index (χ1) is 7.43. The third kappa shape index (κ3) is 7.98. The summed E-state index contributed by atoms with van der Waals surface area (Å²) in [5.41, 5.74) is -0.303. The summed E-state index contributed by atoms with van der Waals surface area (Å²) in [5, 5.41) is 16.1. The normalized spacial score (nSPS) is 8.56. The number of halogens is 1. The lowest BCUT2D eigenvalue weighted by Gasteiger charge is -1.91. The molecule has 0 amide bonds. The molecule has 0 spiro atoms. The Kier molecular flexibility index (Phi) is 7.19. The van der Waals surface area contributed by atoms with E-state index in [1.807, 2.05) is 18.2 Å². The topological polar surface area (TPSA) is 74.6 Å². The molecule has 5 heteroatoms. The quantitative estimate of drug-likeness (QED) is 0.658. The van der Waals surface area contributed by atoms with E-state index in [1.165, 1.54) is 3.57 Å². The zero-order valence-electron chi connectivity index (χ0n) is 8.39. The van der Waals surface area contributed by atoms with Gasteiger partial charge in [-0.3, -0.25) is 4.79 Å². The van der Waals surface area contributed by atoms with Gasteiger partial charge in [0.05, 0.1) is 6.42 Å². The standard InChI is InChI=1S/C6H5I.C5H6O4/c7-6-4-2-1-3-5-6;1-3(5(8)9)2-4(6)7/h1-5H;1-2H2,(H,6,7)(H,8,9). The molecule has 2 N–H and O–H groups in total. The Bertz CT molecular complexity index is 373. The van der Waals surface area contributed by atoms with Gasteiger partial charge in [-0.1, -0.05) is 24.8 Å². The molecule has 0 aromatic heterocycles. The van der Waals surface area contributed by atoms with E-state index in [1.54, 1.807) is 0 Å². The summed E-state index contributed by atoms with van der Waals surface area (Å²) < 4.78 is 1.29. The van der Waals surface area contributed by atoms with E-state index in [2.05, 4.69) is 41.3 Å². The van der Waals surface area contributed by atoms with Gasteiger partial charge in [-0.05, 0) is 34.7 Å². The Morgan fingerprint density at radius 2 is 1.69 bits per heavy atom. The van der Waals surface area contributed by atoms with Crippen LogP contribution >= 0.6 is 22.6 Å². The summed E-state index contributed by atoms with van der Waals surface area (Å²) in [4.78, 5) is 19.7. The average Bonchev–Trinajstić information content (AvgIpc) is 2.18. The van der Waals surface area contributed by atoms with Gasteiger partial charge in [0.15, 0.2) is 0 Å². The molecule has 0 radical (unpaired) electrons. The lowest BCUT2D eigenvalue weighted by atomic mass is 10.2. The maximum absolute atomic E-state index is 9.87. The molecule has 86 valence electrons. The van der Waals surface area contributed by atoms with Gasteiger partial charge in [-0.25, -0.2) is 4.79 Å². The van der Waals surface area contributed by atoms with Crippen molar-refractivity contribution in [2.75, 3.05) is 0 Å². The fraction of sp³-hybridized carbons (Fsp3) is 0.0909. The Morgan fingerprint density at radius 3 is 1.88 bits per heavy atom. The molecule has 0 atom stereocenters. The first-order valence-corrected chi connectivity index (χ1v) is 5.34. The van der Waals surface area contributed by atoms with E-state index in [9.17, 15) is 9.59 Å². The second kappa shape index (κ2) is 7.86. The predicted octanol–water partition coefficient (Wildman–Crippen LogP) is 2.39. The maximum atomic E-state index is 9.87. The first-order valence-electron chi connectivity index (χ1n) is 4.27.